The van der Waals surface area contributed by atoms with Crippen molar-refractivity contribution in [3.05, 3.63) is 99.7 Å². The molecule has 0 N–H and O–H groups in total. The Balaban J connectivity index is 1.17. The van der Waals surface area contributed by atoms with Crippen LogP contribution < -0.4 is 19.3 Å². The molecule has 11 heteroatoms. The van der Waals surface area contributed by atoms with Crippen LogP contribution in [0.3, 0.4) is 0 Å². The smallest absolute Gasteiger partial charge is 0.253 e. The van der Waals surface area contributed by atoms with E-state index in [4.69, 9.17) is 37.7 Å². The van der Waals surface area contributed by atoms with E-state index in [1.54, 1.807) is 19.1 Å². The quantitative estimate of drug-likeness (QED) is 0.100. The van der Waals surface area contributed by atoms with Gasteiger partial charge in [-0.2, -0.15) is 0 Å². The maximum absolute atomic E-state index is 13.2. The number of methoxy groups -OCH3 is 2. The Hall–Kier alpha value is -3.66. The SMILES string of the molecule is COc1ccc(CCN(C)C(=O)c2cccc(CSc3nc(Cl)cc(N4CCN(c5ccccc5Cl)CC4)n3)c2)cc1OC. The van der Waals surface area contributed by atoms with Crippen LogP contribution in [0.2, 0.25) is 10.2 Å². The Bertz CT molecular complexity index is 1600. The molecule has 1 aliphatic heterocycles. The van der Waals surface area contributed by atoms with Crippen LogP contribution in [0.1, 0.15) is 21.5 Å². The van der Waals surface area contributed by atoms with Crippen molar-refractivity contribution in [2.24, 2.45) is 0 Å². The summed E-state index contributed by atoms with van der Waals surface area (Å²) >= 11 is 14.3. The molecule has 0 aliphatic carbocycles. The minimum Gasteiger partial charge on any atom is -0.493 e. The Morgan fingerprint density at radius 1 is 0.864 bits per heavy atom. The number of hydrogen-bond acceptors (Lipinski definition) is 8. The molecule has 0 atom stereocenters. The molecule has 8 nitrogen and oxygen atoms in total. The van der Waals surface area contributed by atoms with Gasteiger partial charge in [0.2, 0.25) is 0 Å². The van der Waals surface area contributed by atoms with Gasteiger partial charge in [0.25, 0.3) is 5.91 Å². The molecule has 0 saturated carbocycles. The van der Waals surface area contributed by atoms with Crippen LogP contribution in [0.25, 0.3) is 0 Å². The second-order valence-electron chi connectivity index (χ2n) is 10.4. The van der Waals surface area contributed by atoms with Crippen molar-refractivity contribution in [1.29, 1.82) is 0 Å². The van der Waals surface area contributed by atoms with Crippen LogP contribution in [0.5, 0.6) is 11.5 Å². The lowest BCUT2D eigenvalue weighted by molar-refractivity contribution is 0.0796. The summed E-state index contributed by atoms with van der Waals surface area (Å²) in [7, 11) is 5.05. The molecule has 44 heavy (non-hydrogen) atoms. The number of benzene rings is 3. The van der Waals surface area contributed by atoms with Crippen molar-refractivity contribution in [3.63, 3.8) is 0 Å². The largest absolute Gasteiger partial charge is 0.493 e. The Morgan fingerprint density at radius 2 is 1.61 bits per heavy atom. The molecule has 1 fully saturated rings. The van der Waals surface area contributed by atoms with E-state index in [1.165, 1.54) is 11.8 Å². The van der Waals surface area contributed by atoms with E-state index in [1.807, 2.05) is 73.8 Å². The molecular weight excluding hydrogens is 617 g/mol. The van der Waals surface area contributed by atoms with Crippen LogP contribution in [-0.2, 0) is 12.2 Å². The molecule has 2 heterocycles. The number of nitrogens with zero attached hydrogens (tertiary/aromatic N) is 5. The Labute approximate surface area is 272 Å². The molecule has 5 rings (SSSR count). The minimum atomic E-state index is -0.0328. The second-order valence-corrected chi connectivity index (χ2v) is 12.1. The van der Waals surface area contributed by atoms with Gasteiger partial charge in [0.15, 0.2) is 16.7 Å². The lowest BCUT2D eigenvalue weighted by Gasteiger charge is -2.37. The number of aromatic nitrogens is 2. The average molecular weight is 653 g/mol. The van der Waals surface area contributed by atoms with Crippen molar-refractivity contribution in [2.75, 3.05) is 63.8 Å². The molecule has 0 radical (unpaired) electrons. The van der Waals surface area contributed by atoms with Gasteiger partial charge in [-0.25, -0.2) is 9.97 Å². The zero-order valence-electron chi connectivity index (χ0n) is 25.0. The number of thioether (sulfide) groups is 1. The van der Waals surface area contributed by atoms with Gasteiger partial charge < -0.3 is 24.2 Å². The first-order valence-corrected chi connectivity index (χ1v) is 16.1. The third-order valence-electron chi connectivity index (χ3n) is 7.53. The number of amides is 1. The topological polar surface area (TPSA) is 71.0 Å². The molecule has 1 aliphatic rings. The fourth-order valence-electron chi connectivity index (χ4n) is 5.09. The Morgan fingerprint density at radius 3 is 2.36 bits per heavy atom. The van der Waals surface area contributed by atoms with Gasteiger partial charge in [-0.05, 0) is 53.9 Å². The lowest BCUT2D eigenvalue weighted by atomic mass is 10.1. The van der Waals surface area contributed by atoms with Gasteiger partial charge in [-0.1, -0.05) is 65.3 Å². The van der Waals surface area contributed by atoms with Gasteiger partial charge in [-0.15, -0.1) is 0 Å². The highest BCUT2D eigenvalue weighted by atomic mass is 35.5. The third-order valence-corrected chi connectivity index (χ3v) is 8.96. The molecule has 230 valence electrons. The van der Waals surface area contributed by atoms with E-state index in [0.717, 1.165) is 53.8 Å². The van der Waals surface area contributed by atoms with E-state index >= 15 is 0 Å². The van der Waals surface area contributed by atoms with Crippen molar-refractivity contribution in [1.82, 2.24) is 14.9 Å². The van der Waals surface area contributed by atoms with Crippen molar-refractivity contribution in [3.8, 4) is 11.5 Å². The molecule has 0 spiro atoms. The number of likely N-dealkylation sites (N-methyl/N-ethyl adjacent to an activating group) is 1. The number of rotatable bonds is 11. The van der Waals surface area contributed by atoms with Crippen LogP contribution in [0.15, 0.2) is 78.0 Å². The molecular formula is C33H35Cl2N5O3S. The molecule has 1 amide bonds. The van der Waals surface area contributed by atoms with Crippen LogP contribution >= 0.6 is 35.0 Å². The summed E-state index contributed by atoms with van der Waals surface area (Å²) in [4.78, 5) is 28.7. The predicted molar refractivity (Wildman–Crippen MR) is 179 cm³/mol. The van der Waals surface area contributed by atoms with Gasteiger partial charge in [-0.3, -0.25) is 4.79 Å². The van der Waals surface area contributed by atoms with Gasteiger partial charge in [0.1, 0.15) is 11.0 Å². The second kappa shape index (κ2) is 14.9. The van der Waals surface area contributed by atoms with E-state index in [0.29, 0.717) is 46.1 Å². The zero-order valence-corrected chi connectivity index (χ0v) is 27.3. The number of para-hydroxylation sites is 1. The standard InChI is InChI=1S/C33H35Cl2N5O3S/c1-38(14-13-23-11-12-28(42-2)29(20-23)43-3)32(41)25-8-6-7-24(19-25)22-44-33-36-30(35)21-31(37-33)40-17-15-39(16-18-40)27-10-5-4-9-26(27)34/h4-12,19-21H,13-18,22H2,1-3H3. The van der Waals surface area contributed by atoms with E-state index in [-0.39, 0.29) is 5.91 Å². The number of ether oxygens (including phenoxy) is 2. The summed E-state index contributed by atoms with van der Waals surface area (Å²) in [5.41, 5.74) is 3.76. The number of hydrogen-bond donors (Lipinski definition) is 0. The van der Waals surface area contributed by atoms with Crippen LogP contribution in [-0.4, -0.2) is 74.8 Å². The summed E-state index contributed by atoms with van der Waals surface area (Å²) in [5.74, 6) is 2.75. The van der Waals surface area contributed by atoms with Gasteiger partial charge >= 0.3 is 0 Å². The highest BCUT2D eigenvalue weighted by Crippen LogP contribution is 2.30. The first-order chi connectivity index (χ1) is 21.3. The summed E-state index contributed by atoms with van der Waals surface area (Å²) in [6.07, 6.45) is 0.696. The summed E-state index contributed by atoms with van der Waals surface area (Å²) in [5, 5.41) is 1.77. The van der Waals surface area contributed by atoms with E-state index in [9.17, 15) is 4.79 Å². The Kier molecular flexibility index (Phi) is 10.7. The van der Waals surface area contributed by atoms with Gasteiger partial charge in [0.05, 0.1) is 24.9 Å². The molecule has 0 unspecified atom stereocenters. The molecule has 3 aromatic carbocycles. The van der Waals surface area contributed by atoms with Crippen LogP contribution in [0, 0.1) is 0 Å². The third kappa shape index (κ3) is 7.88. The number of piperazine rings is 1. The summed E-state index contributed by atoms with van der Waals surface area (Å²) in [6, 6.07) is 23.2. The van der Waals surface area contributed by atoms with Crippen molar-refractivity contribution >= 4 is 52.4 Å². The maximum Gasteiger partial charge on any atom is 0.253 e. The van der Waals surface area contributed by atoms with Crippen molar-refractivity contribution in [2.45, 2.75) is 17.3 Å². The average Bonchev–Trinajstić information content (AvgIpc) is 3.06. The molecule has 0 bridgehead atoms. The minimum absolute atomic E-state index is 0.0328. The predicted octanol–water partition coefficient (Wildman–Crippen LogP) is 6.73. The number of anilines is 2. The maximum atomic E-state index is 13.2. The number of carbonyl (C=O) groups excluding carboxylic acids is 1. The molecule has 4 aromatic rings. The van der Waals surface area contributed by atoms with Crippen molar-refractivity contribution < 1.29 is 14.3 Å². The van der Waals surface area contributed by atoms with E-state index < -0.39 is 0 Å². The lowest BCUT2D eigenvalue weighted by Crippen LogP contribution is -2.47. The van der Waals surface area contributed by atoms with E-state index in [2.05, 4.69) is 20.9 Å². The highest BCUT2D eigenvalue weighted by Gasteiger charge is 2.21. The monoisotopic (exact) mass is 651 g/mol. The highest BCUT2D eigenvalue weighted by molar-refractivity contribution is 7.98. The normalized spacial score (nSPS) is 13.1. The van der Waals surface area contributed by atoms with Crippen LogP contribution in [0.4, 0.5) is 11.5 Å². The zero-order chi connectivity index (χ0) is 31.1. The van der Waals surface area contributed by atoms with Gasteiger partial charge in [0, 0.05) is 57.2 Å². The first kappa shape index (κ1) is 31.8. The molecule has 1 aromatic heterocycles. The first-order valence-electron chi connectivity index (χ1n) is 14.3. The summed E-state index contributed by atoms with van der Waals surface area (Å²) in [6.45, 7) is 3.83. The fourth-order valence-corrected chi connectivity index (χ4v) is 6.37. The number of halogens is 2. The number of carbonyl (C=O) groups is 1. The summed E-state index contributed by atoms with van der Waals surface area (Å²) < 4.78 is 10.7. The fraction of sp³-hybridized carbons (Fsp3) is 0.303. The molecule has 1 saturated heterocycles.